The number of unbranched alkanes of at least 4 members (excludes halogenated alkanes) is 9. The van der Waals surface area contributed by atoms with Crippen LogP contribution < -0.4 is 20.4 Å². The number of hydrogen-bond donors (Lipinski definition) is 0. The minimum Gasteiger partial charge on any atom is -0.497 e. The van der Waals surface area contributed by atoms with Gasteiger partial charge in [0, 0.05) is 18.4 Å². The first-order valence-corrected chi connectivity index (χ1v) is 15.1. The number of allylic oxidation sites excluding steroid dienone is 1. The van der Waals surface area contributed by atoms with Crippen LogP contribution in [0.4, 0.5) is 0 Å². The van der Waals surface area contributed by atoms with Crippen LogP contribution in [0.2, 0.25) is 6.32 Å². The van der Waals surface area contributed by atoms with Crippen molar-refractivity contribution in [3.05, 3.63) is 78.4 Å². The summed E-state index contributed by atoms with van der Waals surface area (Å²) in [5, 5.41) is 0. The van der Waals surface area contributed by atoms with Crippen LogP contribution in [0.1, 0.15) is 76.8 Å². The lowest BCUT2D eigenvalue weighted by Crippen LogP contribution is -2.42. The van der Waals surface area contributed by atoms with Crippen molar-refractivity contribution in [3.63, 3.8) is 0 Å². The van der Waals surface area contributed by atoms with Crippen LogP contribution in [-0.4, -0.2) is 30.5 Å². The summed E-state index contributed by atoms with van der Waals surface area (Å²) in [5.41, 5.74) is 5.09. The average molecular weight is 551 g/mol. The summed E-state index contributed by atoms with van der Waals surface area (Å²) < 4.78 is 13.3. The quantitative estimate of drug-likeness (QED) is 0.126. The molecule has 2 aromatic carbocycles. The molecule has 1 heterocycles. The lowest BCUT2D eigenvalue weighted by atomic mass is 9.38. The normalized spacial score (nSPS) is 10.8. The zero-order valence-corrected chi connectivity index (χ0v) is 25.3. The average Bonchev–Trinajstić information content (AvgIpc) is 3.39. The molecule has 0 aliphatic heterocycles. The third kappa shape index (κ3) is 12.0. The van der Waals surface area contributed by atoms with Crippen molar-refractivity contribution >= 4 is 29.2 Å². The van der Waals surface area contributed by atoms with Crippen molar-refractivity contribution in [1.82, 2.24) is 9.55 Å². The van der Waals surface area contributed by atoms with Crippen molar-refractivity contribution in [3.8, 4) is 11.5 Å². The predicted octanol–water partition coefficient (Wildman–Crippen LogP) is 8.18. The number of para-hydroxylation sites is 2. The van der Waals surface area contributed by atoms with Gasteiger partial charge >= 0.3 is 0 Å². The molecule has 3 aromatic rings. The number of methoxy groups -OCH3 is 2. The molecule has 0 aliphatic carbocycles. The minimum atomic E-state index is 0.132. The second-order valence-corrected chi connectivity index (χ2v) is 10.3. The summed E-state index contributed by atoms with van der Waals surface area (Å²) in [7, 11) is 3.38. The van der Waals surface area contributed by atoms with Crippen LogP contribution in [0.15, 0.2) is 72.7 Å². The van der Waals surface area contributed by atoms with Gasteiger partial charge in [0.1, 0.15) is 11.5 Å². The lowest BCUT2D eigenvalue weighted by Gasteiger charge is -2.18. The van der Waals surface area contributed by atoms with Crippen molar-refractivity contribution in [2.75, 3.05) is 14.2 Å². The second-order valence-electron chi connectivity index (χ2n) is 10.0. The van der Waals surface area contributed by atoms with Crippen molar-refractivity contribution in [1.29, 1.82) is 0 Å². The van der Waals surface area contributed by atoms with Crippen molar-refractivity contribution in [2.45, 2.75) is 90.9 Å². The van der Waals surface area contributed by atoms with Crippen molar-refractivity contribution < 1.29 is 9.47 Å². The molecular weight excluding hydrogens is 503 g/mol. The topological polar surface area (TPSA) is 36.3 Å². The van der Waals surface area contributed by atoms with Crippen LogP contribution in [0.5, 0.6) is 11.5 Å². The van der Waals surface area contributed by atoms with E-state index in [4.69, 9.17) is 21.1 Å². The number of ether oxygens (including phenoxy) is 2. The van der Waals surface area contributed by atoms with E-state index in [9.17, 15) is 0 Å². The van der Waals surface area contributed by atoms with E-state index in [-0.39, 0.29) is 6.71 Å². The second kappa shape index (κ2) is 20.3. The number of rotatable bonds is 17. The van der Waals surface area contributed by atoms with Crippen LogP contribution in [0.25, 0.3) is 0 Å². The fourth-order valence-electron chi connectivity index (χ4n) is 4.91. The Morgan fingerprint density at radius 2 is 1.31 bits per heavy atom. The molecule has 0 saturated heterocycles. The van der Waals surface area contributed by atoms with Crippen LogP contribution in [-0.2, 0) is 6.54 Å². The number of aryl methyl sites for hydroxylation is 2. The van der Waals surface area contributed by atoms with E-state index in [0.717, 1.165) is 35.3 Å². The van der Waals surface area contributed by atoms with Crippen LogP contribution >= 0.6 is 11.6 Å². The molecule has 0 radical (unpaired) electrons. The molecule has 6 heteroatoms. The smallest absolute Gasteiger partial charge is 0.222 e. The van der Waals surface area contributed by atoms with Gasteiger partial charge in [0.2, 0.25) is 6.71 Å². The minimum absolute atomic E-state index is 0.132. The Hall–Kier alpha value is -2.66. The molecule has 0 atom stereocenters. The molecule has 4 nitrogen and oxygen atoms in total. The maximum absolute atomic E-state index is 5.72. The van der Waals surface area contributed by atoms with Gasteiger partial charge in [0.05, 0.1) is 20.5 Å². The van der Waals surface area contributed by atoms with E-state index < -0.39 is 0 Å². The lowest BCUT2D eigenvalue weighted by molar-refractivity contribution is 0.417. The molecule has 0 unspecified atom stereocenters. The summed E-state index contributed by atoms with van der Waals surface area (Å²) in [6.45, 7) is 5.68. The Morgan fingerprint density at radius 1 is 0.795 bits per heavy atom. The first-order valence-electron chi connectivity index (χ1n) is 14.6. The fourth-order valence-corrected chi connectivity index (χ4v) is 5.01. The summed E-state index contributed by atoms with van der Waals surface area (Å²) in [4.78, 5) is 4.15. The first kappa shape index (κ1) is 32.6. The Bertz CT molecular complexity index is 1020. The van der Waals surface area contributed by atoms with E-state index in [0.29, 0.717) is 0 Å². The van der Waals surface area contributed by atoms with Gasteiger partial charge in [-0.2, -0.15) is 0 Å². The highest BCUT2D eigenvalue weighted by Crippen LogP contribution is 2.15. The fraction of sp³-hybridized carbons (Fsp3) is 0.485. The monoisotopic (exact) mass is 550 g/mol. The summed E-state index contributed by atoms with van der Waals surface area (Å²) in [6.07, 6.45) is 20.7. The van der Waals surface area contributed by atoms with Gasteiger partial charge in [-0.05, 0) is 48.3 Å². The van der Waals surface area contributed by atoms with Crippen molar-refractivity contribution in [2.24, 2.45) is 0 Å². The molecule has 0 N–H and O–H groups in total. The molecular formula is C33H48BClN2O2. The van der Waals surface area contributed by atoms with Crippen LogP contribution in [0, 0.1) is 6.92 Å². The Kier molecular flexibility index (Phi) is 16.9. The third-order valence-corrected chi connectivity index (χ3v) is 7.34. The maximum atomic E-state index is 5.72. The molecule has 0 fully saturated rings. The number of imidazole rings is 1. The summed E-state index contributed by atoms with van der Waals surface area (Å²) >= 11 is 5.72. The molecule has 39 heavy (non-hydrogen) atoms. The molecule has 0 bridgehead atoms. The first-order chi connectivity index (χ1) is 19.2. The van der Waals surface area contributed by atoms with E-state index >= 15 is 0 Å². The Balaban J connectivity index is 0.000000277. The van der Waals surface area contributed by atoms with Gasteiger partial charge < -0.3 is 14.0 Å². The van der Waals surface area contributed by atoms with Gasteiger partial charge in [-0.15, -0.1) is 0 Å². The predicted molar refractivity (Wildman–Crippen MR) is 170 cm³/mol. The van der Waals surface area contributed by atoms with E-state index in [2.05, 4.69) is 35.5 Å². The molecule has 0 saturated carbocycles. The van der Waals surface area contributed by atoms with Gasteiger partial charge in [-0.3, -0.25) is 0 Å². The largest absolute Gasteiger partial charge is 0.497 e. The molecule has 0 aliphatic rings. The Labute approximate surface area is 242 Å². The highest BCUT2D eigenvalue weighted by Gasteiger charge is 2.24. The molecule has 0 amide bonds. The van der Waals surface area contributed by atoms with E-state index in [1.807, 2.05) is 55.0 Å². The summed E-state index contributed by atoms with van der Waals surface area (Å²) in [6, 6.07) is 16.1. The molecule has 212 valence electrons. The molecule has 3 rings (SSSR count). The van der Waals surface area contributed by atoms with E-state index in [1.165, 1.54) is 69.9 Å². The Morgan fingerprint density at radius 3 is 1.77 bits per heavy atom. The zero-order valence-electron chi connectivity index (χ0n) is 24.6. The molecule has 1 aromatic heterocycles. The van der Waals surface area contributed by atoms with Gasteiger partial charge in [0.15, 0.2) is 0 Å². The highest BCUT2D eigenvalue weighted by molar-refractivity contribution is 6.86. The summed E-state index contributed by atoms with van der Waals surface area (Å²) in [5.74, 6) is 1.74. The zero-order chi connectivity index (χ0) is 28.1. The van der Waals surface area contributed by atoms with Crippen LogP contribution in [0.3, 0.4) is 0 Å². The van der Waals surface area contributed by atoms with Gasteiger partial charge in [-0.25, -0.2) is 4.98 Å². The van der Waals surface area contributed by atoms with E-state index in [1.54, 1.807) is 19.8 Å². The van der Waals surface area contributed by atoms with Gasteiger partial charge in [0.25, 0.3) is 0 Å². The SMILES string of the molecule is CCCCCCCCCCCCn1cncc1C.COc1ccccc1B(CC=CCl)c1ccccc1OC. The number of halogens is 1. The number of hydrogen-bond acceptors (Lipinski definition) is 3. The number of benzene rings is 2. The third-order valence-electron chi connectivity index (χ3n) is 7.16. The van der Waals surface area contributed by atoms with Gasteiger partial charge in [-0.1, -0.05) is 119 Å². The standard InChI is InChI=1S/C17H18BClO2.C16H30N2/c1-20-16-10-5-3-8-14(16)18(12-7-13-19)15-9-4-6-11-17(15)21-2;1-3-4-5-6-7-8-9-10-11-12-13-18-15-17-14-16(18)2/h3-11,13H,12H2,1-2H3;14-15H,3-13H2,1-2H3. The highest BCUT2D eigenvalue weighted by atomic mass is 35.5. The maximum Gasteiger partial charge on any atom is 0.222 e. The number of nitrogens with zero attached hydrogens (tertiary/aromatic N) is 2. The number of aromatic nitrogens is 2. The molecule has 0 spiro atoms.